The van der Waals surface area contributed by atoms with Crippen molar-refractivity contribution in [2.24, 2.45) is 0 Å². The lowest BCUT2D eigenvalue weighted by Gasteiger charge is -2.20. The van der Waals surface area contributed by atoms with Crippen molar-refractivity contribution in [3.05, 3.63) is 170 Å². The molecule has 8 aromatic rings. The predicted molar refractivity (Wildman–Crippen MR) is 192 cm³/mol. The number of aromatic hydroxyl groups is 2. The van der Waals surface area contributed by atoms with Crippen LogP contribution in [-0.4, -0.2) is 10.2 Å². The zero-order valence-electron chi connectivity index (χ0n) is 25.1. The third-order valence-corrected chi connectivity index (χ3v) is 8.86. The van der Waals surface area contributed by atoms with Crippen LogP contribution < -0.4 is 0 Å². The molecule has 0 bridgehead atoms. The number of fused-ring (bicyclic) bond motifs is 2. The van der Waals surface area contributed by atoms with Crippen LogP contribution in [0.1, 0.15) is 0 Å². The van der Waals surface area contributed by atoms with Gasteiger partial charge in [-0.1, -0.05) is 146 Å². The molecule has 46 heavy (non-hydrogen) atoms. The van der Waals surface area contributed by atoms with Crippen molar-refractivity contribution in [3.63, 3.8) is 0 Å². The van der Waals surface area contributed by atoms with E-state index in [0.717, 1.165) is 54.9 Å². The van der Waals surface area contributed by atoms with E-state index >= 15 is 0 Å². The fourth-order valence-corrected chi connectivity index (χ4v) is 6.59. The third kappa shape index (κ3) is 4.77. The second-order valence-electron chi connectivity index (χ2n) is 11.6. The molecule has 8 aromatic carbocycles. The van der Waals surface area contributed by atoms with Gasteiger partial charge in [0.2, 0.25) is 0 Å². The molecule has 0 radical (unpaired) electrons. The first-order chi connectivity index (χ1) is 22.7. The molecule has 0 aliphatic heterocycles. The first-order valence-corrected chi connectivity index (χ1v) is 15.5. The van der Waals surface area contributed by atoms with Crippen LogP contribution in [0.4, 0.5) is 0 Å². The minimum absolute atomic E-state index is 0.139. The molecule has 0 saturated carbocycles. The molecule has 8 rings (SSSR count). The Balaban J connectivity index is 1.48. The van der Waals surface area contributed by atoms with Crippen LogP contribution in [0.25, 0.3) is 77.2 Å². The minimum atomic E-state index is 0.139. The van der Waals surface area contributed by atoms with Gasteiger partial charge in [-0.3, -0.25) is 0 Å². The number of rotatable bonds is 5. The standard InChI is InChI=1S/C44H30O2/c45-43-39(31-17-9-3-10-18-31)27-35-25-33(29-13-5-1-6-14-29)21-23-37(35)41(43)42-38-24-22-34(30-15-7-2-8-16-30)26-36(38)28-40(44(42)46)32-19-11-4-12-20-32/h1-28,45-46H. The second kappa shape index (κ2) is 11.4. The van der Waals surface area contributed by atoms with Gasteiger partial charge in [0, 0.05) is 22.3 Å². The van der Waals surface area contributed by atoms with Crippen LogP contribution in [0, 0.1) is 0 Å². The molecule has 0 unspecified atom stereocenters. The molecule has 0 spiro atoms. The molecule has 0 heterocycles. The van der Waals surface area contributed by atoms with Crippen LogP contribution in [-0.2, 0) is 0 Å². The normalized spacial score (nSPS) is 11.2. The molecule has 0 aliphatic rings. The Kier molecular flexibility index (Phi) is 6.81. The SMILES string of the molecule is Oc1c(-c2ccccc2)cc2cc(-c3ccccc3)ccc2c1-c1c(O)c(-c2ccccc2)cc2cc(-c3ccccc3)ccc12. The molecule has 2 nitrogen and oxygen atoms in total. The van der Waals surface area contributed by atoms with Gasteiger partial charge in [0.05, 0.1) is 0 Å². The molecular weight excluding hydrogens is 560 g/mol. The summed E-state index contributed by atoms with van der Waals surface area (Å²) >= 11 is 0. The van der Waals surface area contributed by atoms with E-state index in [1.807, 2.05) is 97.1 Å². The van der Waals surface area contributed by atoms with Crippen LogP contribution in [0.3, 0.4) is 0 Å². The van der Waals surface area contributed by atoms with Crippen molar-refractivity contribution in [1.82, 2.24) is 0 Å². The largest absolute Gasteiger partial charge is 0.507 e. The van der Waals surface area contributed by atoms with E-state index in [-0.39, 0.29) is 11.5 Å². The van der Waals surface area contributed by atoms with E-state index < -0.39 is 0 Å². The predicted octanol–water partition coefficient (Wildman–Crippen LogP) is 11.7. The Morgan fingerprint density at radius 1 is 0.283 bits per heavy atom. The van der Waals surface area contributed by atoms with Gasteiger partial charge in [-0.2, -0.15) is 0 Å². The van der Waals surface area contributed by atoms with Gasteiger partial charge in [0.25, 0.3) is 0 Å². The highest BCUT2D eigenvalue weighted by atomic mass is 16.3. The lowest BCUT2D eigenvalue weighted by Crippen LogP contribution is -1.93. The van der Waals surface area contributed by atoms with E-state index in [2.05, 4.69) is 72.8 Å². The summed E-state index contributed by atoms with van der Waals surface area (Å²) in [6.45, 7) is 0. The van der Waals surface area contributed by atoms with Gasteiger partial charge < -0.3 is 10.2 Å². The van der Waals surface area contributed by atoms with Crippen molar-refractivity contribution < 1.29 is 10.2 Å². The topological polar surface area (TPSA) is 40.5 Å². The summed E-state index contributed by atoms with van der Waals surface area (Å²) < 4.78 is 0. The molecule has 0 atom stereocenters. The maximum Gasteiger partial charge on any atom is 0.132 e. The lowest BCUT2D eigenvalue weighted by molar-refractivity contribution is 0.472. The molecular formula is C44H30O2. The van der Waals surface area contributed by atoms with Gasteiger partial charge in [-0.25, -0.2) is 0 Å². The van der Waals surface area contributed by atoms with Crippen molar-refractivity contribution >= 4 is 21.5 Å². The summed E-state index contributed by atoms with van der Waals surface area (Å²) in [5.74, 6) is 0.278. The van der Waals surface area contributed by atoms with E-state index in [1.54, 1.807) is 0 Å². The van der Waals surface area contributed by atoms with Crippen molar-refractivity contribution in [3.8, 4) is 67.1 Å². The molecule has 0 aliphatic carbocycles. The molecule has 0 saturated heterocycles. The smallest absolute Gasteiger partial charge is 0.132 e. The first-order valence-electron chi connectivity index (χ1n) is 15.5. The zero-order valence-corrected chi connectivity index (χ0v) is 25.1. The number of benzene rings is 8. The quantitative estimate of drug-likeness (QED) is 0.209. The summed E-state index contributed by atoms with van der Waals surface area (Å²) in [5, 5.41) is 28.2. The van der Waals surface area contributed by atoms with Gasteiger partial charge >= 0.3 is 0 Å². The summed E-state index contributed by atoms with van der Waals surface area (Å²) in [7, 11) is 0. The van der Waals surface area contributed by atoms with Crippen molar-refractivity contribution in [1.29, 1.82) is 0 Å². The Bertz CT molecular complexity index is 2170. The van der Waals surface area contributed by atoms with E-state index in [0.29, 0.717) is 22.3 Å². The summed E-state index contributed by atoms with van der Waals surface area (Å²) in [5.41, 5.74) is 8.88. The van der Waals surface area contributed by atoms with Crippen LogP contribution in [0.15, 0.2) is 170 Å². The number of phenols is 2. The molecule has 2 heteroatoms. The van der Waals surface area contributed by atoms with Gasteiger partial charge in [-0.05, 0) is 79.2 Å². The minimum Gasteiger partial charge on any atom is -0.507 e. The van der Waals surface area contributed by atoms with E-state index in [1.165, 1.54) is 0 Å². The monoisotopic (exact) mass is 590 g/mol. The van der Waals surface area contributed by atoms with Crippen molar-refractivity contribution in [2.75, 3.05) is 0 Å². The molecule has 2 N–H and O–H groups in total. The van der Waals surface area contributed by atoms with Crippen LogP contribution >= 0.6 is 0 Å². The third-order valence-electron chi connectivity index (χ3n) is 8.86. The zero-order chi connectivity index (χ0) is 31.0. The van der Waals surface area contributed by atoms with Gasteiger partial charge in [0.1, 0.15) is 11.5 Å². The average Bonchev–Trinajstić information content (AvgIpc) is 3.13. The Morgan fingerprint density at radius 3 is 0.957 bits per heavy atom. The number of hydrogen-bond donors (Lipinski definition) is 2. The molecule has 218 valence electrons. The van der Waals surface area contributed by atoms with Crippen LogP contribution in [0.2, 0.25) is 0 Å². The molecule has 0 fully saturated rings. The highest BCUT2D eigenvalue weighted by molar-refractivity contribution is 6.14. The fourth-order valence-electron chi connectivity index (χ4n) is 6.59. The lowest BCUT2D eigenvalue weighted by atomic mass is 9.85. The van der Waals surface area contributed by atoms with E-state index in [9.17, 15) is 10.2 Å². The van der Waals surface area contributed by atoms with Crippen LogP contribution in [0.5, 0.6) is 11.5 Å². The molecule has 0 aromatic heterocycles. The summed E-state index contributed by atoms with van der Waals surface area (Å²) in [6.07, 6.45) is 0. The van der Waals surface area contributed by atoms with Gasteiger partial charge in [0.15, 0.2) is 0 Å². The average molecular weight is 591 g/mol. The highest BCUT2D eigenvalue weighted by Gasteiger charge is 2.24. The maximum atomic E-state index is 12.2. The number of hydrogen-bond acceptors (Lipinski definition) is 2. The number of phenolic OH excluding ortho intramolecular Hbond substituents is 2. The summed E-state index contributed by atoms with van der Waals surface area (Å²) in [6, 6.07) is 57.3. The Hall–Kier alpha value is -6.12. The Morgan fingerprint density at radius 2 is 0.609 bits per heavy atom. The summed E-state index contributed by atoms with van der Waals surface area (Å²) in [4.78, 5) is 0. The van der Waals surface area contributed by atoms with Crippen molar-refractivity contribution in [2.45, 2.75) is 0 Å². The Labute approximate surface area is 268 Å². The van der Waals surface area contributed by atoms with E-state index in [4.69, 9.17) is 0 Å². The molecule has 0 amide bonds. The maximum absolute atomic E-state index is 12.2. The van der Waals surface area contributed by atoms with Gasteiger partial charge in [-0.15, -0.1) is 0 Å². The second-order valence-corrected chi connectivity index (χ2v) is 11.6. The fraction of sp³-hybridized carbons (Fsp3) is 0. The first kappa shape index (κ1) is 27.4. The highest BCUT2D eigenvalue weighted by Crippen LogP contribution is 2.52.